The molecule has 6 aliphatic rings. The van der Waals surface area contributed by atoms with E-state index in [2.05, 4.69) is 55.9 Å². The van der Waals surface area contributed by atoms with E-state index in [1.165, 1.54) is 0 Å². The Kier molecular flexibility index (Phi) is 50.5. The van der Waals surface area contributed by atoms with Gasteiger partial charge in [-0.15, -0.1) is 0 Å². The zero-order valence-corrected chi connectivity index (χ0v) is 74.4. The first kappa shape index (κ1) is 102. The molecule has 16 unspecified atom stereocenters. The molecule has 0 amide bonds. The van der Waals surface area contributed by atoms with Crippen molar-refractivity contribution < 1.29 is 138 Å². The maximum absolute atomic E-state index is 15.5. The van der Waals surface area contributed by atoms with Gasteiger partial charge in [0.1, 0.15) is 52.9 Å². The first-order valence-corrected chi connectivity index (χ1v) is 44.3. The largest absolute Gasteiger partial charge is 0.487 e. The van der Waals surface area contributed by atoms with E-state index in [9.17, 15) is 9.90 Å². The number of rotatable bonds is 69. The van der Waals surface area contributed by atoms with Crippen LogP contribution in [-0.4, -0.2) is 352 Å². The van der Waals surface area contributed by atoms with Crippen LogP contribution in [-0.2, 0) is 118 Å². The third-order valence-electron chi connectivity index (χ3n) is 24.0. The molecule has 0 radical (unpaired) electrons. The number of nitrogens with one attached hydrogen (secondary N) is 4. The number of hydrogen-bond acceptors (Lipinski definition) is 33. The van der Waals surface area contributed by atoms with Crippen LogP contribution in [0.4, 0.5) is 0 Å². The van der Waals surface area contributed by atoms with Crippen molar-refractivity contribution in [2.75, 3.05) is 281 Å². The van der Waals surface area contributed by atoms with Crippen molar-refractivity contribution >= 4 is 11.9 Å². The van der Waals surface area contributed by atoms with E-state index in [1.807, 2.05) is 12.1 Å². The molecule has 2 aromatic rings. The van der Waals surface area contributed by atoms with E-state index in [4.69, 9.17) is 123 Å². The fraction of sp³-hybridized carbons (Fsp3) is 0.841. The van der Waals surface area contributed by atoms with Crippen LogP contribution in [0.5, 0.6) is 34.5 Å². The molecule has 33 nitrogen and oxygen atoms in total. The standard InChI is InChI=1S/C88H150N4O29/c1-12-67-61(2)70-58-75-82(88(95)121-60-66-53-79(116-47-41-110-35-29-104-23-17-98-8)87(119-50-44-113-38-32-107-26-20-101-11)80(54-66)117-48-42-111-36-30-105-24-18-99-9)63(4)72(90-75)56-71-62(3)68(84(91-71)69-55-76(93)83-64(5)73(92-85(69)83)57-74(67)89-70)13-14-81(94)120-59-65-51-77(114-45-39-108-33-27-102-21-15-96-6)86(118-49-43-112-37-31-106-25-19-100-10)78(52-65)115-46-40-109-34-28-103-22-16-97-7/h51-54,61-64,67-76,82-85,89-93H,12-50,55-60H2,1-11H3/t61?,62-,63?,64?,67?,68-,69?,70?,71?,72?,73?,74?,75?,76?,82?,83?,84?,85?/m0/s1. The molecule has 18 atom stereocenters. The van der Waals surface area contributed by atoms with Gasteiger partial charge in [0, 0.05) is 103 Å². The van der Waals surface area contributed by atoms with Gasteiger partial charge >= 0.3 is 11.9 Å². The fourth-order valence-electron chi connectivity index (χ4n) is 17.8. The molecule has 5 heterocycles. The van der Waals surface area contributed by atoms with Crippen molar-refractivity contribution in [2.45, 2.75) is 147 Å². The van der Waals surface area contributed by atoms with Crippen molar-refractivity contribution in [1.29, 1.82) is 0 Å². The maximum atomic E-state index is 15.5. The first-order valence-electron chi connectivity index (χ1n) is 44.3. The van der Waals surface area contributed by atoms with Crippen molar-refractivity contribution in [2.24, 2.45) is 53.3 Å². The minimum absolute atomic E-state index is 0.00972. The zero-order chi connectivity index (χ0) is 86.0. The minimum atomic E-state index is -0.510. The summed E-state index contributed by atoms with van der Waals surface area (Å²) in [7, 11) is 9.77. The summed E-state index contributed by atoms with van der Waals surface area (Å²) < 4.78 is 151. The summed E-state index contributed by atoms with van der Waals surface area (Å²) >= 11 is 0. The summed E-state index contributed by atoms with van der Waals surface area (Å²) in [5, 5.41) is 29.0. The molecule has 1 aliphatic carbocycles. The van der Waals surface area contributed by atoms with Gasteiger partial charge < -0.3 is 150 Å². The Balaban J connectivity index is 1.01. The number of esters is 2. The second kappa shape index (κ2) is 60.1. The van der Waals surface area contributed by atoms with E-state index in [0.29, 0.717) is 235 Å². The summed E-state index contributed by atoms with van der Waals surface area (Å²) in [6.07, 6.45) is 4.20. The predicted octanol–water partition coefficient (Wildman–Crippen LogP) is 5.95. The van der Waals surface area contributed by atoms with Gasteiger partial charge in [-0.05, 0) is 109 Å². The van der Waals surface area contributed by atoms with Gasteiger partial charge in [-0.3, -0.25) is 9.59 Å². The van der Waals surface area contributed by atoms with E-state index >= 15 is 4.79 Å². The SMILES string of the molecule is CCC1C2CC3NC4C(CC(O)C4C3C)C3NC(CC4NC(CC(N2)C1C)C(C(=O)OCc1cc(OCCOCCOCCOC)c(OCCOCCOCCOC)c(OCCOCCOCCOC)c1)C4C)[C@@H](C)[C@@H]3CCC(=O)OCc1cc(OCCOCCOCCOC)c(OCCOCCOCCOC)c(OCCOCCOCCOC)c1. The highest BCUT2D eigenvalue weighted by Crippen LogP contribution is 2.51. The molecule has 2 aromatic carbocycles. The van der Waals surface area contributed by atoms with Crippen LogP contribution in [0, 0.1) is 53.3 Å². The van der Waals surface area contributed by atoms with Crippen LogP contribution in [0.25, 0.3) is 0 Å². The summed E-state index contributed by atoms with van der Waals surface area (Å²) in [6.45, 7) is 24.0. The average Bonchev–Trinajstić information content (AvgIpc) is 1.58. The Morgan fingerprint density at radius 2 is 0.645 bits per heavy atom. The number of carbonyl (C=O) groups is 2. The van der Waals surface area contributed by atoms with E-state index in [1.54, 1.807) is 54.8 Å². The molecule has 33 heteroatoms. The molecule has 0 aromatic heterocycles. The minimum Gasteiger partial charge on any atom is -0.487 e. The Morgan fingerprint density at radius 1 is 0.339 bits per heavy atom. The Morgan fingerprint density at radius 3 is 1.03 bits per heavy atom. The topological polar surface area (TPSA) is 342 Å². The highest BCUT2D eigenvalue weighted by atomic mass is 16.6. The van der Waals surface area contributed by atoms with E-state index in [0.717, 1.165) is 19.3 Å². The van der Waals surface area contributed by atoms with Gasteiger partial charge in [0.05, 0.1) is 210 Å². The van der Waals surface area contributed by atoms with Crippen molar-refractivity contribution in [3.63, 3.8) is 0 Å². The summed E-state index contributed by atoms with van der Waals surface area (Å²) in [5.41, 5.74) is 1.25. The Labute approximate surface area is 718 Å². The quantitative estimate of drug-likeness (QED) is 0.0377. The summed E-state index contributed by atoms with van der Waals surface area (Å²) in [4.78, 5) is 30.1. The lowest BCUT2D eigenvalue weighted by atomic mass is 9.76. The molecule has 121 heavy (non-hydrogen) atoms. The van der Waals surface area contributed by atoms with Crippen molar-refractivity contribution in [3.8, 4) is 34.5 Å². The van der Waals surface area contributed by atoms with Gasteiger partial charge in [0.25, 0.3) is 0 Å². The lowest BCUT2D eigenvalue weighted by Crippen LogP contribution is -2.48. The monoisotopic (exact) mass is 1730 g/mol. The third-order valence-corrected chi connectivity index (χ3v) is 24.0. The van der Waals surface area contributed by atoms with Gasteiger partial charge in [0.2, 0.25) is 11.5 Å². The molecule has 5 saturated heterocycles. The number of ether oxygens (including phenoxy) is 26. The van der Waals surface area contributed by atoms with Crippen LogP contribution >= 0.6 is 0 Å². The summed E-state index contributed by atoms with van der Waals surface area (Å²) in [6, 6.07) is 7.50. The second-order valence-corrected chi connectivity index (χ2v) is 31.9. The number of benzene rings is 2. The second-order valence-electron chi connectivity index (χ2n) is 31.9. The van der Waals surface area contributed by atoms with Crippen molar-refractivity contribution in [1.82, 2.24) is 21.3 Å². The van der Waals surface area contributed by atoms with E-state index in [-0.39, 0.29) is 195 Å². The van der Waals surface area contributed by atoms with Gasteiger partial charge in [-0.2, -0.15) is 0 Å². The van der Waals surface area contributed by atoms with Gasteiger partial charge in [-0.1, -0.05) is 41.0 Å². The lowest BCUT2D eigenvalue weighted by molar-refractivity contribution is -0.151. The first-order chi connectivity index (χ1) is 59.3. The molecule has 696 valence electrons. The fourth-order valence-corrected chi connectivity index (χ4v) is 17.8. The number of carbonyl (C=O) groups excluding carboxylic acids is 2. The van der Waals surface area contributed by atoms with E-state index < -0.39 is 12.0 Å². The Bertz CT molecular complexity index is 2980. The van der Waals surface area contributed by atoms with Crippen LogP contribution in [0.15, 0.2) is 24.3 Å². The maximum Gasteiger partial charge on any atom is 0.311 e. The molecule has 5 aliphatic heterocycles. The highest BCUT2D eigenvalue weighted by molar-refractivity contribution is 5.74. The number of fused-ring (bicyclic) bond motifs is 8. The normalized spacial score (nSPS) is 26.1. The molecular weight excluding hydrogens is 1580 g/mol. The zero-order valence-electron chi connectivity index (χ0n) is 74.4. The predicted molar refractivity (Wildman–Crippen MR) is 447 cm³/mol. The number of aliphatic hydroxyl groups is 1. The number of hydrogen-bond donors (Lipinski definition) is 5. The molecule has 5 N–H and O–H groups in total. The molecule has 0 spiro atoms. The van der Waals surface area contributed by atoms with Crippen LogP contribution in [0.2, 0.25) is 0 Å². The van der Waals surface area contributed by atoms with Crippen LogP contribution in [0.1, 0.15) is 90.7 Å². The molecule has 8 bridgehead atoms. The lowest BCUT2D eigenvalue weighted by Gasteiger charge is -2.32. The molecule has 6 fully saturated rings. The van der Waals surface area contributed by atoms with Crippen LogP contribution < -0.4 is 49.7 Å². The smallest absolute Gasteiger partial charge is 0.311 e. The average molecular weight is 1730 g/mol. The van der Waals surface area contributed by atoms with Crippen molar-refractivity contribution in [3.05, 3.63) is 35.4 Å². The van der Waals surface area contributed by atoms with Crippen LogP contribution in [0.3, 0.4) is 0 Å². The third kappa shape index (κ3) is 34.8. The highest BCUT2D eigenvalue weighted by Gasteiger charge is 2.59. The summed E-state index contributed by atoms with van der Waals surface area (Å²) in [5.74, 6) is 2.09. The van der Waals surface area contributed by atoms with Gasteiger partial charge in [0.15, 0.2) is 23.0 Å². The number of aliphatic hydroxyl groups excluding tert-OH is 1. The molecular formula is C88H150N4O29. The molecule has 1 saturated carbocycles. The van der Waals surface area contributed by atoms with Gasteiger partial charge in [-0.25, -0.2) is 0 Å². The molecule has 8 rings (SSSR count). The Hall–Kier alpha value is -4.74. The number of methoxy groups -OCH3 is 6.